The maximum atomic E-state index is 5.27. The smallest absolute Gasteiger partial charge is 0.193 e. The van der Waals surface area contributed by atoms with Crippen molar-refractivity contribution in [2.45, 2.75) is 31.6 Å². The topological polar surface area (TPSA) is 40.1 Å². The maximum absolute atomic E-state index is 5.27. The molecule has 2 aliphatic rings. The average Bonchev–Trinajstić information content (AvgIpc) is 3.17. The molecular weight excluding hydrogens is 451 g/mol. The summed E-state index contributed by atoms with van der Waals surface area (Å²) in [5.41, 5.74) is 1.40. The Bertz CT molecular complexity index is 584. The predicted molar refractivity (Wildman–Crippen MR) is 124 cm³/mol. The van der Waals surface area contributed by atoms with E-state index in [0.29, 0.717) is 5.92 Å². The third kappa shape index (κ3) is 6.24. The predicted octanol–water partition coefficient (Wildman–Crippen LogP) is 3.41. The van der Waals surface area contributed by atoms with Gasteiger partial charge in [0.25, 0.3) is 0 Å². The van der Waals surface area contributed by atoms with E-state index < -0.39 is 0 Å². The Hall–Kier alpha value is -1.02. The van der Waals surface area contributed by atoms with E-state index in [0.717, 1.165) is 37.3 Å². The molecule has 2 fully saturated rings. The number of piperidine rings is 1. The molecule has 27 heavy (non-hydrogen) atoms. The summed E-state index contributed by atoms with van der Waals surface area (Å²) in [4.78, 5) is 9.37. The highest BCUT2D eigenvalue weighted by atomic mass is 127. The van der Waals surface area contributed by atoms with Gasteiger partial charge >= 0.3 is 0 Å². The third-order valence-electron chi connectivity index (χ3n) is 5.96. The minimum absolute atomic E-state index is 0. The Kier molecular flexibility index (Phi) is 9.15. The minimum Gasteiger partial charge on any atom is -0.497 e. The van der Waals surface area contributed by atoms with Crippen LogP contribution in [0.1, 0.15) is 37.2 Å². The SMILES string of the molecule is CN=C(NCCC1CCN(C)CC1)N1CCC(c2ccc(OC)cc2)C1.I. The molecule has 0 aliphatic carbocycles. The zero-order valence-electron chi connectivity index (χ0n) is 17.0. The molecule has 1 aromatic carbocycles. The summed E-state index contributed by atoms with van der Waals surface area (Å²) in [6, 6.07) is 8.52. The van der Waals surface area contributed by atoms with Crippen molar-refractivity contribution in [1.29, 1.82) is 0 Å². The Labute approximate surface area is 181 Å². The van der Waals surface area contributed by atoms with Crippen molar-refractivity contribution in [2.75, 3.05) is 53.9 Å². The van der Waals surface area contributed by atoms with Gasteiger partial charge in [-0.05, 0) is 69.4 Å². The van der Waals surface area contributed by atoms with Gasteiger partial charge in [0.15, 0.2) is 5.96 Å². The molecule has 0 bridgehead atoms. The molecule has 0 amide bonds. The quantitative estimate of drug-likeness (QED) is 0.394. The van der Waals surface area contributed by atoms with E-state index in [-0.39, 0.29) is 24.0 Å². The normalized spacial score (nSPS) is 21.8. The molecular formula is C21H35IN4O. The van der Waals surface area contributed by atoms with E-state index in [2.05, 4.69) is 51.4 Å². The third-order valence-corrected chi connectivity index (χ3v) is 5.96. The van der Waals surface area contributed by atoms with Crippen molar-refractivity contribution in [3.8, 4) is 5.75 Å². The first-order valence-corrected chi connectivity index (χ1v) is 9.97. The summed E-state index contributed by atoms with van der Waals surface area (Å²) in [5, 5.41) is 3.60. The summed E-state index contributed by atoms with van der Waals surface area (Å²) >= 11 is 0. The second kappa shape index (κ2) is 11.1. The molecule has 0 aromatic heterocycles. The lowest BCUT2D eigenvalue weighted by atomic mass is 9.94. The number of likely N-dealkylation sites (tertiary alicyclic amines) is 2. The van der Waals surface area contributed by atoms with E-state index in [1.54, 1.807) is 7.11 Å². The van der Waals surface area contributed by atoms with Crippen molar-refractivity contribution in [1.82, 2.24) is 15.1 Å². The molecule has 2 heterocycles. The molecule has 1 unspecified atom stereocenters. The lowest BCUT2D eigenvalue weighted by Crippen LogP contribution is -2.41. The first-order valence-electron chi connectivity index (χ1n) is 9.97. The Morgan fingerprint density at radius 1 is 1.15 bits per heavy atom. The summed E-state index contributed by atoms with van der Waals surface area (Å²) in [6.07, 6.45) is 5.10. The second-order valence-corrected chi connectivity index (χ2v) is 7.71. The Balaban J connectivity index is 0.00000261. The molecule has 0 spiro atoms. The minimum atomic E-state index is 0. The molecule has 0 radical (unpaired) electrons. The number of hydrogen-bond acceptors (Lipinski definition) is 3. The Morgan fingerprint density at radius 2 is 1.85 bits per heavy atom. The van der Waals surface area contributed by atoms with Gasteiger partial charge in [-0.25, -0.2) is 0 Å². The zero-order chi connectivity index (χ0) is 18.4. The standard InChI is InChI=1S/C21H34N4O.HI/c1-22-21(23-12-8-17-9-13-24(2)14-10-17)25-15-11-19(16-25)18-4-6-20(26-3)7-5-18;/h4-7,17,19H,8-16H2,1-3H3,(H,22,23);1H. The molecule has 2 aliphatic heterocycles. The first kappa shape index (κ1) is 22.3. The van der Waals surface area contributed by atoms with Crippen LogP contribution < -0.4 is 10.1 Å². The van der Waals surface area contributed by atoms with Crippen LogP contribution in [0.2, 0.25) is 0 Å². The van der Waals surface area contributed by atoms with Crippen LogP contribution in [0.5, 0.6) is 5.75 Å². The summed E-state index contributed by atoms with van der Waals surface area (Å²) in [6.45, 7) is 5.64. The van der Waals surface area contributed by atoms with Crippen LogP contribution in [0.4, 0.5) is 0 Å². The van der Waals surface area contributed by atoms with Crippen LogP contribution in [-0.2, 0) is 0 Å². The molecule has 1 N–H and O–H groups in total. The van der Waals surface area contributed by atoms with Gasteiger partial charge in [0.2, 0.25) is 0 Å². The highest BCUT2D eigenvalue weighted by molar-refractivity contribution is 14.0. The average molecular weight is 486 g/mol. The molecule has 1 aromatic rings. The maximum Gasteiger partial charge on any atom is 0.193 e. The number of halogens is 1. The fraction of sp³-hybridized carbons (Fsp3) is 0.667. The Morgan fingerprint density at radius 3 is 2.48 bits per heavy atom. The second-order valence-electron chi connectivity index (χ2n) is 7.71. The van der Waals surface area contributed by atoms with Gasteiger partial charge in [-0.15, -0.1) is 24.0 Å². The van der Waals surface area contributed by atoms with Crippen LogP contribution in [-0.4, -0.2) is 69.7 Å². The van der Waals surface area contributed by atoms with Crippen molar-refractivity contribution in [3.63, 3.8) is 0 Å². The fourth-order valence-electron chi connectivity index (χ4n) is 4.17. The van der Waals surface area contributed by atoms with E-state index in [1.807, 2.05) is 7.05 Å². The van der Waals surface area contributed by atoms with Crippen molar-refractivity contribution < 1.29 is 4.74 Å². The largest absolute Gasteiger partial charge is 0.497 e. The number of ether oxygens (including phenoxy) is 1. The molecule has 152 valence electrons. The number of benzene rings is 1. The van der Waals surface area contributed by atoms with Gasteiger partial charge in [0.05, 0.1) is 7.11 Å². The number of aliphatic imine (C=N–C) groups is 1. The highest BCUT2D eigenvalue weighted by Crippen LogP contribution is 2.28. The monoisotopic (exact) mass is 486 g/mol. The summed E-state index contributed by atoms with van der Waals surface area (Å²) < 4.78 is 5.27. The number of nitrogens with one attached hydrogen (secondary N) is 1. The molecule has 2 saturated heterocycles. The van der Waals surface area contributed by atoms with Crippen molar-refractivity contribution in [2.24, 2.45) is 10.9 Å². The highest BCUT2D eigenvalue weighted by Gasteiger charge is 2.26. The number of hydrogen-bond donors (Lipinski definition) is 1. The van der Waals surface area contributed by atoms with E-state index in [9.17, 15) is 0 Å². The van der Waals surface area contributed by atoms with E-state index in [4.69, 9.17) is 4.74 Å². The number of rotatable bonds is 5. The van der Waals surface area contributed by atoms with Gasteiger partial charge in [-0.1, -0.05) is 12.1 Å². The fourth-order valence-corrected chi connectivity index (χ4v) is 4.17. The van der Waals surface area contributed by atoms with Crippen LogP contribution in [0.3, 0.4) is 0 Å². The van der Waals surface area contributed by atoms with Gasteiger partial charge in [0.1, 0.15) is 5.75 Å². The molecule has 3 rings (SSSR count). The van der Waals surface area contributed by atoms with Gasteiger partial charge in [-0.3, -0.25) is 4.99 Å². The van der Waals surface area contributed by atoms with Crippen LogP contribution in [0, 0.1) is 5.92 Å². The lowest BCUT2D eigenvalue weighted by Gasteiger charge is -2.29. The van der Waals surface area contributed by atoms with Gasteiger partial charge in [0, 0.05) is 32.6 Å². The first-order chi connectivity index (χ1) is 12.7. The summed E-state index contributed by atoms with van der Waals surface area (Å²) in [5.74, 6) is 3.43. The van der Waals surface area contributed by atoms with Crippen LogP contribution in [0.25, 0.3) is 0 Å². The van der Waals surface area contributed by atoms with E-state index >= 15 is 0 Å². The molecule has 1 atom stereocenters. The van der Waals surface area contributed by atoms with Crippen LogP contribution >= 0.6 is 24.0 Å². The summed E-state index contributed by atoms with van der Waals surface area (Å²) in [7, 11) is 5.84. The van der Waals surface area contributed by atoms with Crippen LogP contribution in [0.15, 0.2) is 29.3 Å². The molecule has 6 heteroatoms. The number of nitrogens with zero attached hydrogens (tertiary/aromatic N) is 3. The van der Waals surface area contributed by atoms with Crippen molar-refractivity contribution in [3.05, 3.63) is 29.8 Å². The van der Waals surface area contributed by atoms with Crippen molar-refractivity contribution >= 4 is 29.9 Å². The molecule has 5 nitrogen and oxygen atoms in total. The lowest BCUT2D eigenvalue weighted by molar-refractivity contribution is 0.212. The van der Waals surface area contributed by atoms with Gasteiger partial charge < -0.3 is 19.9 Å². The zero-order valence-corrected chi connectivity index (χ0v) is 19.3. The number of methoxy groups -OCH3 is 1. The molecule has 0 saturated carbocycles. The van der Waals surface area contributed by atoms with E-state index in [1.165, 1.54) is 44.3 Å². The van der Waals surface area contributed by atoms with Gasteiger partial charge in [-0.2, -0.15) is 0 Å². The number of guanidine groups is 1.